The van der Waals surface area contributed by atoms with Crippen LogP contribution in [0.1, 0.15) is 35.7 Å². The zero-order chi connectivity index (χ0) is 11.5. The zero-order valence-corrected chi connectivity index (χ0v) is 9.19. The number of unbranched alkanes of at least 4 members (excludes halogenated alkanes) is 1. The summed E-state index contributed by atoms with van der Waals surface area (Å²) in [5.41, 5.74) is 2.05. The van der Waals surface area contributed by atoms with Gasteiger partial charge in [0.1, 0.15) is 17.4 Å². The number of hydrogen-bond acceptors (Lipinski definition) is 2. The molecule has 0 atom stereocenters. The van der Waals surface area contributed by atoms with Gasteiger partial charge in [0.25, 0.3) is 0 Å². The highest BCUT2D eigenvalue weighted by Crippen LogP contribution is 2.23. The van der Waals surface area contributed by atoms with Crippen molar-refractivity contribution in [1.29, 1.82) is 0 Å². The van der Waals surface area contributed by atoms with Gasteiger partial charge in [-0.3, -0.25) is 0 Å². The summed E-state index contributed by atoms with van der Waals surface area (Å²) in [5.74, 6) is -0.939. The first kappa shape index (κ1) is 10.7. The lowest BCUT2D eigenvalue weighted by atomic mass is 10.0. The molecule has 0 amide bonds. The Morgan fingerprint density at radius 2 is 2.25 bits per heavy atom. The summed E-state index contributed by atoms with van der Waals surface area (Å²) >= 11 is 0. The molecular weight excluding hydrogens is 204 g/mol. The minimum atomic E-state index is -0.939. The lowest BCUT2D eigenvalue weighted by Gasteiger charge is -1.99. The van der Waals surface area contributed by atoms with Gasteiger partial charge in [-0.15, -0.1) is 0 Å². The summed E-state index contributed by atoms with van der Waals surface area (Å²) in [6.45, 7) is 2.14. The Labute approximate surface area is 93.7 Å². The van der Waals surface area contributed by atoms with Gasteiger partial charge in [-0.05, 0) is 30.5 Å². The van der Waals surface area contributed by atoms with E-state index in [-0.39, 0.29) is 5.56 Å². The Morgan fingerprint density at radius 1 is 1.44 bits per heavy atom. The van der Waals surface area contributed by atoms with Gasteiger partial charge in [0.2, 0.25) is 0 Å². The van der Waals surface area contributed by atoms with Gasteiger partial charge in [-0.25, -0.2) is 4.79 Å². The monoisotopic (exact) mass is 218 g/mol. The first-order valence-electron chi connectivity index (χ1n) is 5.45. The van der Waals surface area contributed by atoms with E-state index in [1.807, 2.05) is 18.2 Å². The quantitative estimate of drug-likeness (QED) is 0.854. The van der Waals surface area contributed by atoms with E-state index >= 15 is 0 Å². The van der Waals surface area contributed by atoms with Gasteiger partial charge in [0.15, 0.2) is 0 Å². The number of hydrogen-bond donors (Lipinski definition) is 1. The van der Waals surface area contributed by atoms with Crippen LogP contribution in [0.4, 0.5) is 0 Å². The van der Waals surface area contributed by atoms with Gasteiger partial charge in [0, 0.05) is 5.39 Å². The van der Waals surface area contributed by atoms with Crippen LogP contribution in [0.25, 0.3) is 11.0 Å². The van der Waals surface area contributed by atoms with Crippen LogP contribution in [0, 0.1) is 0 Å². The van der Waals surface area contributed by atoms with Gasteiger partial charge >= 0.3 is 5.97 Å². The number of carboxylic acids is 1. The minimum absolute atomic E-state index is 0.244. The molecule has 0 fully saturated rings. The second-order valence-electron chi connectivity index (χ2n) is 3.89. The van der Waals surface area contributed by atoms with Crippen LogP contribution in [0.5, 0.6) is 0 Å². The Balaban J connectivity index is 2.42. The highest BCUT2D eigenvalue weighted by Gasteiger charge is 2.12. The molecule has 0 aliphatic rings. The van der Waals surface area contributed by atoms with Crippen molar-refractivity contribution in [2.75, 3.05) is 0 Å². The maximum atomic E-state index is 10.9. The van der Waals surface area contributed by atoms with E-state index in [0.717, 1.165) is 19.3 Å². The normalized spacial score (nSPS) is 10.8. The fourth-order valence-corrected chi connectivity index (χ4v) is 1.78. The van der Waals surface area contributed by atoms with Crippen molar-refractivity contribution >= 4 is 16.9 Å². The van der Waals surface area contributed by atoms with Crippen LogP contribution < -0.4 is 0 Å². The van der Waals surface area contributed by atoms with Crippen molar-refractivity contribution < 1.29 is 14.3 Å². The molecule has 0 aliphatic carbocycles. The van der Waals surface area contributed by atoms with E-state index in [9.17, 15) is 4.79 Å². The van der Waals surface area contributed by atoms with Gasteiger partial charge in [-0.1, -0.05) is 19.4 Å². The fourth-order valence-electron chi connectivity index (χ4n) is 1.78. The molecule has 1 N–H and O–H groups in total. The molecule has 0 spiro atoms. The molecule has 0 saturated heterocycles. The second kappa shape index (κ2) is 4.39. The summed E-state index contributed by atoms with van der Waals surface area (Å²) in [6, 6.07) is 5.75. The van der Waals surface area contributed by atoms with Crippen LogP contribution in [-0.4, -0.2) is 11.1 Å². The summed E-state index contributed by atoms with van der Waals surface area (Å²) in [7, 11) is 0. The number of benzene rings is 1. The molecule has 3 heteroatoms. The van der Waals surface area contributed by atoms with Gasteiger partial charge in [0.05, 0.1) is 0 Å². The van der Waals surface area contributed by atoms with Gasteiger partial charge < -0.3 is 9.52 Å². The number of aromatic carboxylic acids is 1. The number of fused-ring (bicyclic) bond motifs is 1. The van der Waals surface area contributed by atoms with E-state index in [2.05, 4.69) is 6.92 Å². The van der Waals surface area contributed by atoms with Crippen LogP contribution >= 0.6 is 0 Å². The summed E-state index contributed by atoms with van der Waals surface area (Å²) in [5, 5.41) is 9.67. The lowest BCUT2D eigenvalue weighted by Crippen LogP contribution is -1.94. The van der Waals surface area contributed by atoms with Crippen LogP contribution in [0.15, 0.2) is 28.9 Å². The molecule has 1 heterocycles. The number of furan rings is 1. The molecule has 2 rings (SSSR count). The van der Waals surface area contributed by atoms with Crippen LogP contribution in [0.2, 0.25) is 0 Å². The highest BCUT2D eigenvalue weighted by molar-refractivity contribution is 6.02. The molecule has 84 valence electrons. The molecule has 0 aliphatic heterocycles. The van der Waals surface area contributed by atoms with Crippen LogP contribution in [0.3, 0.4) is 0 Å². The molecule has 0 saturated carbocycles. The molecule has 1 aromatic heterocycles. The van der Waals surface area contributed by atoms with Crippen molar-refractivity contribution in [3.05, 3.63) is 35.6 Å². The number of carboxylic acid groups (broad SMARTS) is 1. The number of rotatable bonds is 4. The van der Waals surface area contributed by atoms with E-state index in [0.29, 0.717) is 11.0 Å². The predicted octanol–water partition coefficient (Wildman–Crippen LogP) is 3.47. The van der Waals surface area contributed by atoms with E-state index in [4.69, 9.17) is 9.52 Å². The molecular formula is C13H14O3. The second-order valence-corrected chi connectivity index (χ2v) is 3.89. The number of aryl methyl sites for hydroxylation is 1. The SMILES string of the molecule is CCCCc1ccc2occ(C(=O)O)c2c1. The third-order valence-corrected chi connectivity index (χ3v) is 2.69. The van der Waals surface area contributed by atoms with E-state index < -0.39 is 5.97 Å². The molecule has 0 unspecified atom stereocenters. The van der Waals surface area contributed by atoms with Gasteiger partial charge in [-0.2, -0.15) is 0 Å². The average Bonchev–Trinajstić information content (AvgIpc) is 2.69. The third-order valence-electron chi connectivity index (χ3n) is 2.69. The summed E-state index contributed by atoms with van der Waals surface area (Å²) in [6.07, 6.45) is 4.54. The smallest absolute Gasteiger partial charge is 0.339 e. The van der Waals surface area contributed by atoms with Crippen molar-refractivity contribution in [2.45, 2.75) is 26.2 Å². The first-order chi connectivity index (χ1) is 7.72. The Kier molecular flexibility index (Phi) is 2.95. The Hall–Kier alpha value is -1.77. The van der Waals surface area contributed by atoms with Crippen molar-refractivity contribution in [2.24, 2.45) is 0 Å². The van der Waals surface area contributed by atoms with Crippen molar-refractivity contribution in [1.82, 2.24) is 0 Å². The largest absolute Gasteiger partial charge is 0.478 e. The third kappa shape index (κ3) is 1.94. The predicted molar refractivity (Wildman–Crippen MR) is 61.8 cm³/mol. The zero-order valence-electron chi connectivity index (χ0n) is 9.19. The molecule has 1 aromatic carbocycles. The van der Waals surface area contributed by atoms with Crippen molar-refractivity contribution in [3.63, 3.8) is 0 Å². The maximum Gasteiger partial charge on any atom is 0.339 e. The maximum absolute atomic E-state index is 10.9. The molecule has 0 bridgehead atoms. The molecule has 3 nitrogen and oxygen atoms in total. The Bertz CT molecular complexity index is 511. The van der Waals surface area contributed by atoms with E-state index in [1.165, 1.54) is 11.8 Å². The minimum Gasteiger partial charge on any atom is -0.478 e. The topological polar surface area (TPSA) is 50.4 Å². The summed E-state index contributed by atoms with van der Waals surface area (Å²) in [4.78, 5) is 10.9. The molecule has 16 heavy (non-hydrogen) atoms. The molecule has 2 aromatic rings. The first-order valence-corrected chi connectivity index (χ1v) is 5.45. The fraction of sp³-hybridized carbons (Fsp3) is 0.308. The number of carbonyl (C=O) groups is 1. The lowest BCUT2D eigenvalue weighted by molar-refractivity contribution is 0.0698. The Morgan fingerprint density at radius 3 is 2.94 bits per heavy atom. The average molecular weight is 218 g/mol. The van der Waals surface area contributed by atoms with Crippen molar-refractivity contribution in [3.8, 4) is 0 Å². The standard InChI is InChI=1S/C13H14O3/c1-2-3-4-9-5-6-12-10(7-9)11(8-16-12)13(14)15/h5-8H,2-4H2,1H3,(H,14,15). The van der Waals surface area contributed by atoms with E-state index in [1.54, 1.807) is 0 Å². The molecule has 0 radical (unpaired) electrons. The van der Waals surface area contributed by atoms with Crippen LogP contribution in [-0.2, 0) is 6.42 Å². The summed E-state index contributed by atoms with van der Waals surface area (Å²) < 4.78 is 5.19. The highest BCUT2D eigenvalue weighted by atomic mass is 16.4.